The molecule has 2 unspecified atom stereocenters. The third-order valence-electron chi connectivity index (χ3n) is 5.84. The molecule has 3 rings (SSSR count). The predicted octanol–water partition coefficient (Wildman–Crippen LogP) is 4.42. The smallest absolute Gasteiger partial charge is 0.408 e. The van der Waals surface area contributed by atoms with Crippen molar-refractivity contribution in [3.05, 3.63) is 95.6 Å². The van der Waals surface area contributed by atoms with E-state index in [0.29, 0.717) is 5.56 Å². The van der Waals surface area contributed by atoms with Gasteiger partial charge in [-0.2, -0.15) is 0 Å². The van der Waals surface area contributed by atoms with Crippen LogP contribution >= 0.6 is 0 Å². The van der Waals surface area contributed by atoms with Crippen LogP contribution in [0.5, 0.6) is 11.5 Å². The molecule has 0 bridgehead atoms. The lowest BCUT2D eigenvalue weighted by molar-refractivity contribution is -0.142. The Morgan fingerprint density at radius 2 is 1.41 bits per heavy atom. The second-order valence-corrected chi connectivity index (χ2v) is 9.57. The fraction of sp³-hybridized carbons (Fsp3) is 0.300. The van der Waals surface area contributed by atoms with E-state index in [2.05, 4.69) is 10.6 Å². The van der Waals surface area contributed by atoms with E-state index in [-0.39, 0.29) is 43.5 Å². The van der Waals surface area contributed by atoms with Gasteiger partial charge in [-0.3, -0.25) is 4.79 Å². The van der Waals surface area contributed by atoms with Crippen molar-refractivity contribution in [1.29, 1.82) is 0 Å². The van der Waals surface area contributed by atoms with E-state index in [4.69, 9.17) is 9.47 Å². The standard InChI is InChI=1S/C30H34N2O7/c1-20(2)15-24(32-30(37)39-19-22-11-7-4-8-12-22)28(34)31-25(29(35)36)16-23-13-14-26(33)27(17-23)38-18-21-9-5-3-6-10-21/h3-14,17,20,24-25,33H,15-16,18-19H2,1-2H3,(H,31,34)(H,32,37)(H,35,36). The van der Waals surface area contributed by atoms with E-state index < -0.39 is 30.1 Å². The summed E-state index contributed by atoms with van der Waals surface area (Å²) in [6.45, 7) is 4.04. The van der Waals surface area contributed by atoms with E-state index in [9.17, 15) is 24.6 Å². The first-order chi connectivity index (χ1) is 18.7. The summed E-state index contributed by atoms with van der Waals surface area (Å²) in [5.74, 6) is -1.71. The number of aromatic hydroxyl groups is 1. The molecular weight excluding hydrogens is 500 g/mol. The maximum atomic E-state index is 13.1. The van der Waals surface area contributed by atoms with Gasteiger partial charge in [0.15, 0.2) is 11.5 Å². The molecule has 0 saturated heterocycles. The summed E-state index contributed by atoms with van der Waals surface area (Å²) in [4.78, 5) is 37.5. The number of hydrogen-bond acceptors (Lipinski definition) is 6. The number of nitrogens with one attached hydrogen (secondary N) is 2. The van der Waals surface area contributed by atoms with E-state index in [1.165, 1.54) is 6.07 Å². The first kappa shape index (κ1) is 29.0. The molecule has 39 heavy (non-hydrogen) atoms. The molecule has 0 aromatic heterocycles. The summed E-state index contributed by atoms with van der Waals surface area (Å²) in [7, 11) is 0. The molecule has 3 aromatic carbocycles. The van der Waals surface area contributed by atoms with Crippen molar-refractivity contribution in [1.82, 2.24) is 10.6 Å². The quantitative estimate of drug-likeness (QED) is 0.255. The number of rotatable bonds is 13. The number of phenolic OH excluding ortho intramolecular Hbond substituents is 1. The largest absolute Gasteiger partial charge is 0.504 e. The van der Waals surface area contributed by atoms with Gasteiger partial charge >= 0.3 is 12.1 Å². The third kappa shape index (κ3) is 9.70. The minimum absolute atomic E-state index is 0.0377. The molecule has 0 saturated carbocycles. The highest BCUT2D eigenvalue weighted by molar-refractivity contribution is 5.89. The van der Waals surface area contributed by atoms with Crippen molar-refractivity contribution in [2.75, 3.05) is 0 Å². The molecule has 2 atom stereocenters. The van der Waals surface area contributed by atoms with Gasteiger partial charge in [0.2, 0.25) is 5.91 Å². The van der Waals surface area contributed by atoms with Gasteiger partial charge in [-0.05, 0) is 41.2 Å². The lowest BCUT2D eigenvalue weighted by atomic mass is 10.0. The molecule has 4 N–H and O–H groups in total. The molecule has 9 nitrogen and oxygen atoms in total. The Hall–Kier alpha value is -4.53. The molecule has 0 aliphatic heterocycles. The molecule has 9 heteroatoms. The second kappa shape index (κ2) is 14.4. The Labute approximate surface area is 227 Å². The minimum Gasteiger partial charge on any atom is -0.504 e. The van der Waals surface area contributed by atoms with E-state index >= 15 is 0 Å². The molecule has 0 aliphatic carbocycles. The number of phenols is 1. The van der Waals surface area contributed by atoms with Gasteiger partial charge in [0.05, 0.1) is 0 Å². The Bertz CT molecular complexity index is 1230. The summed E-state index contributed by atoms with van der Waals surface area (Å²) >= 11 is 0. The third-order valence-corrected chi connectivity index (χ3v) is 5.84. The van der Waals surface area contributed by atoms with Crippen LogP contribution < -0.4 is 15.4 Å². The predicted molar refractivity (Wildman–Crippen MR) is 145 cm³/mol. The van der Waals surface area contributed by atoms with Crippen molar-refractivity contribution < 1.29 is 34.1 Å². The fourth-order valence-electron chi connectivity index (χ4n) is 3.85. The van der Waals surface area contributed by atoms with Crippen LogP contribution in [0.1, 0.15) is 37.0 Å². The number of carbonyl (C=O) groups excluding carboxylic acids is 2. The number of aliphatic carboxylic acids is 1. The van der Waals surface area contributed by atoms with E-state index in [0.717, 1.165) is 11.1 Å². The number of amides is 2. The van der Waals surface area contributed by atoms with Gasteiger partial charge in [0, 0.05) is 6.42 Å². The number of benzene rings is 3. The van der Waals surface area contributed by atoms with E-state index in [1.807, 2.05) is 74.5 Å². The van der Waals surface area contributed by atoms with Gasteiger partial charge in [-0.15, -0.1) is 0 Å². The van der Waals surface area contributed by atoms with Crippen molar-refractivity contribution in [3.63, 3.8) is 0 Å². The van der Waals surface area contributed by atoms with Crippen LogP contribution in [0.4, 0.5) is 4.79 Å². The van der Waals surface area contributed by atoms with Crippen LogP contribution in [-0.4, -0.2) is 40.3 Å². The van der Waals surface area contributed by atoms with Crippen LogP contribution in [0.25, 0.3) is 0 Å². The zero-order valence-electron chi connectivity index (χ0n) is 22.0. The molecule has 0 aliphatic rings. The van der Waals surface area contributed by atoms with Crippen molar-refractivity contribution in [2.24, 2.45) is 5.92 Å². The van der Waals surface area contributed by atoms with Gasteiger partial charge in [-0.1, -0.05) is 80.6 Å². The van der Waals surface area contributed by atoms with E-state index in [1.54, 1.807) is 12.1 Å². The Kier molecular flexibility index (Phi) is 10.7. The topological polar surface area (TPSA) is 134 Å². The van der Waals surface area contributed by atoms with Crippen LogP contribution in [0.2, 0.25) is 0 Å². The van der Waals surface area contributed by atoms with Gasteiger partial charge in [0.1, 0.15) is 25.3 Å². The molecule has 0 heterocycles. The minimum atomic E-state index is -1.28. The molecule has 3 aromatic rings. The zero-order valence-corrected chi connectivity index (χ0v) is 22.0. The Balaban J connectivity index is 1.63. The van der Waals surface area contributed by atoms with Gasteiger partial charge in [-0.25, -0.2) is 9.59 Å². The summed E-state index contributed by atoms with van der Waals surface area (Å²) in [6.07, 6.45) is -0.546. The normalized spacial score (nSPS) is 12.3. The number of carbonyl (C=O) groups is 3. The zero-order chi connectivity index (χ0) is 28.2. The highest BCUT2D eigenvalue weighted by Gasteiger charge is 2.28. The van der Waals surface area contributed by atoms with Gasteiger partial charge in [0.25, 0.3) is 0 Å². The van der Waals surface area contributed by atoms with Crippen molar-refractivity contribution in [2.45, 2.75) is 52.0 Å². The number of carboxylic acid groups (broad SMARTS) is 1. The lowest BCUT2D eigenvalue weighted by Gasteiger charge is -2.23. The summed E-state index contributed by atoms with van der Waals surface area (Å²) in [6, 6.07) is 20.8. The maximum Gasteiger partial charge on any atom is 0.408 e. The number of ether oxygens (including phenoxy) is 2. The maximum absolute atomic E-state index is 13.1. The van der Waals surface area contributed by atoms with Crippen LogP contribution in [0.3, 0.4) is 0 Å². The first-order valence-corrected chi connectivity index (χ1v) is 12.7. The molecular formula is C30H34N2O7. The molecule has 0 spiro atoms. The number of carboxylic acids is 1. The summed E-state index contributed by atoms with van der Waals surface area (Å²) in [5, 5.41) is 25.1. The molecule has 2 amide bonds. The van der Waals surface area contributed by atoms with Crippen molar-refractivity contribution in [3.8, 4) is 11.5 Å². The fourth-order valence-corrected chi connectivity index (χ4v) is 3.85. The summed E-state index contributed by atoms with van der Waals surface area (Å²) < 4.78 is 11.0. The second-order valence-electron chi connectivity index (χ2n) is 9.57. The average molecular weight is 535 g/mol. The van der Waals surface area contributed by atoms with Crippen molar-refractivity contribution >= 4 is 18.0 Å². The highest BCUT2D eigenvalue weighted by atomic mass is 16.5. The molecule has 206 valence electrons. The van der Waals surface area contributed by atoms with Crippen LogP contribution in [0, 0.1) is 5.92 Å². The number of hydrogen-bond donors (Lipinski definition) is 4. The molecule has 0 radical (unpaired) electrons. The van der Waals surface area contributed by atoms with Crippen LogP contribution in [0.15, 0.2) is 78.9 Å². The SMILES string of the molecule is CC(C)CC(NC(=O)OCc1ccccc1)C(=O)NC(Cc1ccc(O)c(OCc2ccccc2)c1)C(=O)O. The van der Waals surface area contributed by atoms with Gasteiger partial charge < -0.3 is 30.3 Å². The lowest BCUT2D eigenvalue weighted by Crippen LogP contribution is -2.52. The first-order valence-electron chi connectivity index (χ1n) is 12.7. The monoisotopic (exact) mass is 534 g/mol. The molecule has 0 fully saturated rings. The summed E-state index contributed by atoms with van der Waals surface area (Å²) in [5.41, 5.74) is 2.24. The highest BCUT2D eigenvalue weighted by Crippen LogP contribution is 2.28. The Morgan fingerprint density at radius 3 is 2.00 bits per heavy atom. The Morgan fingerprint density at radius 1 is 0.795 bits per heavy atom. The number of alkyl carbamates (subject to hydrolysis) is 1. The average Bonchev–Trinajstić information content (AvgIpc) is 2.92. The van der Waals surface area contributed by atoms with Crippen LogP contribution in [-0.2, 0) is 34.0 Å².